The fourth-order valence-corrected chi connectivity index (χ4v) is 2.66. The summed E-state index contributed by atoms with van der Waals surface area (Å²) in [6, 6.07) is 17.4. The van der Waals surface area contributed by atoms with Crippen LogP contribution in [0.25, 0.3) is 6.08 Å². The SMILES string of the molecule is CCOC(=O)c1cccnc1Oc1cccc(NC(=O)/C=C\c2ccc(OC)cc2)c1. The van der Waals surface area contributed by atoms with E-state index in [2.05, 4.69) is 10.3 Å². The fourth-order valence-electron chi connectivity index (χ4n) is 2.66. The van der Waals surface area contributed by atoms with Gasteiger partial charge in [0.25, 0.3) is 0 Å². The molecule has 0 unspecified atom stereocenters. The van der Waals surface area contributed by atoms with E-state index < -0.39 is 5.97 Å². The summed E-state index contributed by atoms with van der Waals surface area (Å²) in [6.45, 7) is 1.97. The quantitative estimate of drug-likeness (QED) is 0.421. The van der Waals surface area contributed by atoms with E-state index in [0.717, 1.165) is 11.3 Å². The molecule has 7 heteroatoms. The molecule has 1 aromatic heterocycles. The number of ether oxygens (including phenoxy) is 3. The van der Waals surface area contributed by atoms with Gasteiger partial charge in [-0.1, -0.05) is 18.2 Å². The highest BCUT2D eigenvalue weighted by molar-refractivity contribution is 6.02. The summed E-state index contributed by atoms with van der Waals surface area (Å²) < 4.78 is 15.9. The van der Waals surface area contributed by atoms with Crippen LogP contribution in [0.4, 0.5) is 5.69 Å². The molecule has 1 amide bonds. The first-order valence-electron chi connectivity index (χ1n) is 9.62. The number of hydrogen-bond acceptors (Lipinski definition) is 6. The van der Waals surface area contributed by atoms with E-state index in [4.69, 9.17) is 14.2 Å². The van der Waals surface area contributed by atoms with Gasteiger partial charge >= 0.3 is 5.97 Å². The minimum absolute atomic E-state index is 0.129. The van der Waals surface area contributed by atoms with Gasteiger partial charge in [-0.25, -0.2) is 9.78 Å². The number of methoxy groups -OCH3 is 1. The molecule has 31 heavy (non-hydrogen) atoms. The second-order valence-electron chi connectivity index (χ2n) is 6.30. The van der Waals surface area contributed by atoms with Crippen LogP contribution in [0.3, 0.4) is 0 Å². The van der Waals surface area contributed by atoms with Crippen LogP contribution in [0, 0.1) is 0 Å². The van der Waals surface area contributed by atoms with Crippen molar-refractivity contribution in [3.05, 3.63) is 84.1 Å². The largest absolute Gasteiger partial charge is 0.497 e. The number of hydrogen-bond donors (Lipinski definition) is 1. The highest BCUT2D eigenvalue weighted by atomic mass is 16.5. The van der Waals surface area contributed by atoms with Crippen molar-refractivity contribution in [1.29, 1.82) is 0 Å². The first-order chi connectivity index (χ1) is 15.1. The summed E-state index contributed by atoms with van der Waals surface area (Å²) in [7, 11) is 1.60. The molecule has 0 aliphatic heterocycles. The number of carbonyl (C=O) groups is 2. The molecule has 0 saturated carbocycles. The third kappa shape index (κ3) is 6.17. The molecule has 1 N–H and O–H groups in total. The fraction of sp³-hybridized carbons (Fsp3) is 0.125. The lowest BCUT2D eigenvalue weighted by molar-refractivity contribution is -0.111. The highest BCUT2D eigenvalue weighted by Gasteiger charge is 2.15. The molecule has 3 aromatic rings. The van der Waals surface area contributed by atoms with Crippen molar-refractivity contribution in [3.8, 4) is 17.4 Å². The third-order valence-electron chi connectivity index (χ3n) is 4.13. The van der Waals surface area contributed by atoms with Crippen molar-refractivity contribution in [2.24, 2.45) is 0 Å². The lowest BCUT2D eigenvalue weighted by Gasteiger charge is -2.10. The van der Waals surface area contributed by atoms with Crippen molar-refractivity contribution < 1.29 is 23.8 Å². The van der Waals surface area contributed by atoms with Crippen LogP contribution in [-0.4, -0.2) is 30.6 Å². The van der Waals surface area contributed by atoms with Gasteiger partial charge in [0.2, 0.25) is 11.8 Å². The number of aromatic nitrogens is 1. The molecule has 0 spiro atoms. The molecule has 2 aromatic carbocycles. The number of carbonyl (C=O) groups excluding carboxylic acids is 2. The van der Waals surface area contributed by atoms with E-state index in [1.54, 1.807) is 56.5 Å². The van der Waals surface area contributed by atoms with Gasteiger partial charge in [0, 0.05) is 24.0 Å². The number of benzene rings is 2. The highest BCUT2D eigenvalue weighted by Crippen LogP contribution is 2.26. The Morgan fingerprint density at radius 1 is 1.03 bits per heavy atom. The molecular weight excluding hydrogens is 396 g/mol. The summed E-state index contributed by atoms with van der Waals surface area (Å²) in [4.78, 5) is 28.4. The van der Waals surface area contributed by atoms with Crippen molar-refractivity contribution in [2.45, 2.75) is 6.92 Å². The molecule has 7 nitrogen and oxygen atoms in total. The van der Waals surface area contributed by atoms with Crippen molar-refractivity contribution >= 4 is 23.6 Å². The van der Waals surface area contributed by atoms with E-state index in [-0.39, 0.29) is 24.0 Å². The molecule has 0 aliphatic carbocycles. The van der Waals surface area contributed by atoms with Crippen LogP contribution in [0.2, 0.25) is 0 Å². The first-order valence-corrected chi connectivity index (χ1v) is 9.62. The molecule has 0 radical (unpaired) electrons. The summed E-state index contributed by atoms with van der Waals surface area (Å²) >= 11 is 0. The maximum Gasteiger partial charge on any atom is 0.343 e. The van der Waals surface area contributed by atoms with Crippen LogP contribution in [0.15, 0.2) is 72.9 Å². The molecule has 0 bridgehead atoms. The van der Waals surface area contributed by atoms with Gasteiger partial charge < -0.3 is 19.5 Å². The smallest absolute Gasteiger partial charge is 0.343 e. The molecule has 0 atom stereocenters. The van der Waals surface area contributed by atoms with Crippen LogP contribution < -0.4 is 14.8 Å². The van der Waals surface area contributed by atoms with Gasteiger partial charge in [0.05, 0.1) is 13.7 Å². The maximum absolute atomic E-state index is 12.3. The van der Waals surface area contributed by atoms with Crippen LogP contribution in [-0.2, 0) is 9.53 Å². The van der Waals surface area contributed by atoms with E-state index in [9.17, 15) is 9.59 Å². The minimum Gasteiger partial charge on any atom is -0.497 e. The van der Waals surface area contributed by atoms with Gasteiger partial charge in [-0.15, -0.1) is 0 Å². The topological polar surface area (TPSA) is 86.8 Å². The zero-order valence-corrected chi connectivity index (χ0v) is 17.2. The molecule has 0 saturated heterocycles. The molecule has 158 valence electrons. The second kappa shape index (κ2) is 10.6. The van der Waals surface area contributed by atoms with Gasteiger partial charge in [-0.05, 0) is 55.0 Å². The molecular formula is C24H22N2O5. The minimum atomic E-state index is -0.515. The van der Waals surface area contributed by atoms with Crippen molar-refractivity contribution in [2.75, 3.05) is 19.0 Å². The Morgan fingerprint density at radius 3 is 2.58 bits per heavy atom. The monoisotopic (exact) mass is 418 g/mol. The zero-order chi connectivity index (χ0) is 22.1. The Kier molecular flexibility index (Phi) is 7.37. The zero-order valence-electron chi connectivity index (χ0n) is 17.2. The van der Waals surface area contributed by atoms with Crippen LogP contribution in [0.1, 0.15) is 22.8 Å². The molecule has 3 rings (SSSR count). The normalized spacial score (nSPS) is 10.5. The number of amides is 1. The number of nitrogens with zero attached hydrogens (tertiary/aromatic N) is 1. The van der Waals surface area contributed by atoms with Crippen molar-refractivity contribution in [3.63, 3.8) is 0 Å². The Morgan fingerprint density at radius 2 is 1.84 bits per heavy atom. The summed E-state index contributed by atoms with van der Waals surface area (Å²) in [6.07, 6.45) is 4.66. The third-order valence-corrected chi connectivity index (χ3v) is 4.13. The van der Waals surface area contributed by atoms with E-state index in [1.165, 1.54) is 12.3 Å². The standard InChI is InChI=1S/C24H22N2O5/c1-3-30-24(28)21-8-5-15-25-23(21)31-20-7-4-6-18(16-20)26-22(27)14-11-17-9-12-19(29-2)13-10-17/h4-16H,3H2,1-2H3,(H,26,27)/b14-11-. The predicted molar refractivity (Wildman–Crippen MR) is 117 cm³/mol. The van der Waals surface area contributed by atoms with Crippen molar-refractivity contribution in [1.82, 2.24) is 4.98 Å². The molecule has 0 aliphatic rings. The first kappa shape index (κ1) is 21.6. The van der Waals surface area contributed by atoms with Crippen LogP contribution >= 0.6 is 0 Å². The van der Waals surface area contributed by atoms with E-state index in [1.807, 2.05) is 24.3 Å². The lowest BCUT2D eigenvalue weighted by Crippen LogP contribution is -2.08. The Hall–Kier alpha value is -4.13. The van der Waals surface area contributed by atoms with Gasteiger partial charge in [0.15, 0.2) is 0 Å². The average molecular weight is 418 g/mol. The summed E-state index contributed by atoms with van der Waals surface area (Å²) in [5.74, 6) is 0.485. The lowest BCUT2D eigenvalue weighted by atomic mass is 10.2. The molecule has 0 fully saturated rings. The van der Waals surface area contributed by atoms with Crippen LogP contribution in [0.5, 0.6) is 17.4 Å². The Labute approximate surface area is 180 Å². The summed E-state index contributed by atoms with van der Waals surface area (Å²) in [5.41, 5.74) is 1.63. The van der Waals surface area contributed by atoms with Gasteiger partial charge in [-0.3, -0.25) is 4.79 Å². The predicted octanol–water partition coefficient (Wildman–Crippen LogP) is 4.71. The summed E-state index contributed by atoms with van der Waals surface area (Å²) in [5, 5.41) is 2.78. The number of esters is 1. The van der Waals surface area contributed by atoms with E-state index >= 15 is 0 Å². The number of pyridine rings is 1. The van der Waals surface area contributed by atoms with Gasteiger partial charge in [-0.2, -0.15) is 0 Å². The Bertz CT molecular complexity index is 1080. The number of rotatable bonds is 8. The average Bonchev–Trinajstić information content (AvgIpc) is 2.79. The van der Waals surface area contributed by atoms with Gasteiger partial charge in [0.1, 0.15) is 17.1 Å². The number of nitrogens with one attached hydrogen (secondary N) is 1. The maximum atomic E-state index is 12.3. The van der Waals surface area contributed by atoms with E-state index in [0.29, 0.717) is 11.4 Å². The number of anilines is 1. The molecule has 1 heterocycles. The Balaban J connectivity index is 1.67. The second-order valence-corrected chi connectivity index (χ2v) is 6.30.